The van der Waals surface area contributed by atoms with Gasteiger partial charge in [0.25, 0.3) is 0 Å². The summed E-state index contributed by atoms with van der Waals surface area (Å²) in [6, 6.07) is 15.0. The minimum atomic E-state index is -1.38. The molecule has 2 aromatic rings. The van der Waals surface area contributed by atoms with E-state index in [4.69, 9.17) is 14.2 Å². The van der Waals surface area contributed by atoms with E-state index in [9.17, 15) is 34.2 Å². The summed E-state index contributed by atoms with van der Waals surface area (Å²) in [4.78, 5) is 65.8. The third kappa shape index (κ3) is 15.3. The average molecular weight is 742 g/mol. The third-order valence-corrected chi connectivity index (χ3v) is 8.28. The SMILES string of the molecule is CC(C)C[C@H](NC(=O)OCc1ccccc1)C(=O)N1CCC(NN(C(=O)OCc2ccccc2)[C@@H](CCCCNC(=O)OC(C)(C)C)C(=O)O)C(O)C1. The first-order valence-electron chi connectivity index (χ1n) is 18.0. The number of unbranched alkanes of at least 4 members (excludes halogenated alkanes) is 1. The van der Waals surface area contributed by atoms with Crippen molar-refractivity contribution in [3.8, 4) is 0 Å². The van der Waals surface area contributed by atoms with E-state index in [0.29, 0.717) is 24.8 Å². The van der Waals surface area contributed by atoms with Crippen molar-refractivity contribution in [2.24, 2.45) is 5.92 Å². The second-order valence-corrected chi connectivity index (χ2v) is 14.5. The van der Waals surface area contributed by atoms with Crippen LogP contribution >= 0.6 is 0 Å². The molecule has 0 bridgehead atoms. The van der Waals surface area contributed by atoms with Crippen LogP contribution in [0.3, 0.4) is 0 Å². The number of hydrogen-bond donors (Lipinski definition) is 5. The summed E-state index contributed by atoms with van der Waals surface area (Å²) in [6.07, 6.45) is -2.24. The fraction of sp³-hybridized carbons (Fsp3) is 0.553. The molecule has 0 aromatic heterocycles. The Labute approximate surface area is 311 Å². The Hall–Kier alpha value is -4.89. The van der Waals surface area contributed by atoms with Crippen LogP contribution in [0.25, 0.3) is 0 Å². The van der Waals surface area contributed by atoms with Gasteiger partial charge in [-0.3, -0.25) is 4.79 Å². The first kappa shape index (κ1) is 42.5. The van der Waals surface area contributed by atoms with Crippen LogP contribution in [0.4, 0.5) is 14.4 Å². The number of aliphatic hydroxyl groups excluding tert-OH is 1. The second-order valence-electron chi connectivity index (χ2n) is 14.5. The summed E-state index contributed by atoms with van der Waals surface area (Å²) >= 11 is 0. The highest BCUT2D eigenvalue weighted by molar-refractivity contribution is 5.86. The molecule has 2 unspecified atom stereocenters. The Kier molecular flexibility index (Phi) is 16.8. The van der Waals surface area contributed by atoms with Crippen molar-refractivity contribution >= 4 is 30.2 Å². The van der Waals surface area contributed by atoms with Crippen LogP contribution in [0.5, 0.6) is 0 Å². The van der Waals surface area contributed by atoms with Gasteiger partial charge in [0, 0.05) is 19.6 Å². The van der Waals surface area contributed by atoms with Gasteiger partial charge < -0.3 is 40.0 Å². The molecule has 53 heavy (non-hydrogen) atoms. The van der Waals surface area contributed by atoms with Crippen LogP contribution in [0, 0.1) is 5.92 Å². The highest BCUT2D eigenvalue weighted by atomic mass is 16.6. The largest absolute Gasteiger partial charge is 0.480 e. The molecule has 2 aromatic carbocycles. The quantitative estimate of drug-likeness (QED) is 0.0865. The predicted molar refractivity (Wildman–Crippen MR) is 195 cm³/mol. The number of carbonyl (C=O) groups excluding carboxylic acids is 4. The number of β-amino-alcohol motifs (C(OH)–C–C–N with tert-alkyl or cyclic N) is 1. The number of amides is 4. The highest BCUT2D eigenvalue weighted by Gasteiger charge is 2.38. The van der Waals surface area contributed by atoms with Crippen LogP contribution in [0.1, 0.15) is 77.8 Å². The molecule has 5 N–H and O–H groups in total. The Morgan fingerprint density at radius 1 is 0.906 bits per heavy atom. The van der Waals surface area contributed by atoms with E-state index in [0.717, 1.165) is 10.6 Å². The number of nitrogens with zero attached hydrogens (tertiary/aromatic N) is 2. The lowest BCUT2D eigenvalue weighted by atomic mass is 9.98. The highest BCUT2D eigenvalue weighted by Crippen LogP contribution is 2.19. The molecule has 1 fully saturated rings. The number of alkyl carbamates (subject to hydrolysis) is 2. The fourth-order valence-electron chi connectivity index (χ4n) is 5.67. The number of carboxylic acids is 1. The van der Waals surface area contributed by atoms with Gasteiger partial charge in [0.2, 0.25) is 5.91 Å². The van der Waals surface area contributed by atoms with E-state index in [1.165, 1.54) is 4.90 Å². The zero-order valence-corrected chi connectivity index (χ0v) is 31.3. The summed E-state index contributed by atoms with van der Waals surface area (Å²) in [6.45, 7) is 9.26. The van der Waals surface area contributed by atoms with Crippen molar-refractivity contribution in [1.29, 1.82) is 0 Å². The summed E-state index contributed by atoms with van der Waals surface area (Å²) in [5, 5.41) is 27.7. The number of likely N-dealkylation sites (tertiary alicyclic amines) is 1. The number of aliphatic hydroxyl groups is 1. The van der Waals surface area contributed by atoms with Crippen molar-refractivity contribution in [1.82, 2.24) is 26.0 Å². The molecule has 292 valence electrons. The number of carbonyl (C=O) groups is 5. The van der Waals surface area contributed by atoms with E-state index < -0.39 is 60.0 Å². The van der Waals surface area contributed by atoms with Crippen LogP contribution < -0.4 is 16.1 Å². The monoisotopic (exact) mass is 741 g/mol. The molecule has 1 heterocycles. The molecule has 15 nitrogen and oxygen atoms in total. The van der Waals surface area contributed by atoms with Crippen molar-refractivity contribution in [3.05, 3.63) is 71.8 Å². The third-order valence-electron chi connectivity index (χ3n) is 8.28. The average Bonchev–Trinajstić information content (AvgIpc) is 3.10. The summed E-state index contributed by atoms with van der Waals surface area (Å²) in [5.74, 6) is -1.63. The van der Waals surface area contributed by atoms with Gasteiger partial charge in [-0.25, -0.2) is 29.6 Å². The Balaban J connectivity index is 1.65. The molecular weight excluding hydrogens is 686 g/mol. The topological polar surface area (TPSA) is 196 Å². The number of hydrazine groups is 1. The van der Waals surface area contributed by atoms with Gasteiger partial charge >= 0.3 is 24.2 Å². The molecule has 4 atom stereocenters. The Morgan fingerprint density at radius 2 is 1.51 bits per heavy atom. The zero-order chi connectivity index (χ0) is 39.0. The number of hydrogen-bond acceptors (Lipinski definition) is 10. The number of ether oxygens (including phenoxy) is 3. The normalized spacial score (nSPS) is 16.9. The summed E-state index contributed by atoms with van der Waals surface area (Å²) in [5.41, 5.74) is 3.73. The summed E-state index contributed by atoms with van der Waals surface area (Å²) < 4.78 is 16.1. The number of rotatable bonds is 17. The molecule has 1 aliphatic heterocycles. The number of carboxylic acid groups (broad SMARTS) is 1. The van der Waals surface area contributed by atoms with E-state index in [1.807, 2.05) is 50.2 Å². The minimum Gasteiger partial charge on any atom is -0.480 e. The van der Waals surface area contributed by atoms with Gasteiger partial charge in [0.15, 0.2) is 0 Å². The molecule has 3 rings (SSSR count). The van der Waals surface area contributed by atoms with Gasteiger partial charge in [-0.1, -0.05) is 74.5 Å². The molecule has 1 aliphatic rings. The predicted octanol–water partition coefficient (Wildman–Crippen LogP) is 4.58. The van der Waals surface area contributed by atoms with Gasteiger partial charge in [-0.05, 0) is 69.9 Å². The lowest BCUT2D eigenvalue weighted by Gasteiger charge is -2.40. The van der Waals surface area contributed by atoms with E-state index in [1.54, 1.807) is 45.0 Å². The maximum atomic E-state index is 13.7. The smallest absolute Gasteiger partial charge is 0.425 e. The Morgan fingerprint density at radius 3 is 2.06 bits per heavy atom. The van der Waals surface area contributed by atoms with Gasteiger partial charge in [-0.15, -0.1) is 0 Å². The van der Waals surface area contributed by atoms with Crippen molar-refractivity contribution in [3.63, 3.8) is 0 Å². The van der Waals surface area contributed by atoms with Gasteiger partial charge in [-0.2, -0.15) is 0 Å². The molecular formula is C38H55N5O10. The van der Waals surface area contributed by atoms with Crippen LogP contribution in [-0.2, 0) is 37.0 Å². The first-order chi connectivity index (χ1) is 25.1. The number of piperidine rings is 1. The summed E-state index contributed by atoms with van der Waals surface area (Å²) in [7, 11) is 0. The lowest BCUT2D eigenvalue weighted by Crippen LogP contribution is -2.63. The van der Waals surface area contributed by atoms with E-state index in [2.05, 4.69) is 16.1 Å². The minimum absolute atomic E-state index is 0.00905. The lowest BCUT2D eigenvalue weighted by molar-refractivity contribution is -0.145. The Bertz CT molecular complexity index is 1470. The standard InChI is InChI=1S/C38H55N5O10/c1-26(2)22-30(40-36(49)51-24-27-14-8-6-9-15-27)33(45)42-21-19-29(32(44)23-42)41-43(37(50)52-25-28-16-10-7-11-17-28)31(34(46)47)18-12-13-20-39-35(48)53-38(3,4)5/h6-11,14-17,26,29-32,41,44H,12-13,18-25H2,1-5H3,(H,39,48)(H,40,49)(H,46,47)/t29?,30-,31-,32?/m0/s1. The van der Waals surface area contributed by atoms with Gasteiger partial charge in [0.05, 0.1) is 12.1 Å². The second kappa shape index (κ2) is 21.0. The van der Waals surface area contributed by atoms with Crippen LogP contribution in [0.15, 0.2) is 60.7 Å². The van der Waals surface area contributed by atoms with Crippen LogP contribution in [-0.4, -0.2) is 99.7 Å². The number of benzene rings is 2. The van der Waals surface area contributed by atoms with Crippen molar-refractivity contribution in [2.45, 2.75) is 110 Å². The fourth-order valence-corrected chi connectivity index (χ4v) is 5.67. The van der Waals surface area contributed by atoms with E-state index >= 15 is 0 Å². The van der Waals surface area contributed by atoms with Crippen molar-refractivity contribution in [2.75, 3.05) is 19.6 Å². The number of nitrogens with one attached hydrogen (secondary N) is 3. The maximum Gasteiger partial charge on any atom is 0.425 e. The molecule has 1 saturated heterocycles. The molecule has 0 spiro atoms. The molecule has 0 radical (unpaired) electrons. The van der Waals surface area contributed by atoms with Gasteiger partial charge in [0.1, 0.15) is 30.9 Å². The first-order valence-corrected chi connectivity index (χ1v) is 18.0. The van der Waals surface area contributed by atoms with E-state index in [-0.39, 0.29) is 51.6 Å². The van der Waals surface area contributed by atoms with Crippen molar-refractivity contribution < 1.29 is 48.4 Å². The van der Waals surface area contributed by atoms with Crippen LogP contribution in [0.2, 0.25) is 0 Å². The number of aliphatic carboxylic acids is 1. The molecule has 4 amide bonds. The molecule has 0 aliphatic carbocycles. The molecule has 0 saturated carbocycles. The zero-order valence-electron chi connectivity index (χ0n) is 31.3. The molecule has 15 heteroatoms. The maximum absolute atomic E-state index is 13.7.